The van der Waals surface area contributed by atoms with Crippen LogP contribution in [0.25, 0.3) is 0 Å². The number of β-amino-alcohol motifs (C(OH)–C–C–N with tert-alkyl or cyclic N) is 1. The lowest BCUT2D eigenvalue weighted by molar-refractivity contribution is -0.176. The van der Waals surface area contributed by atoms with Gasteiger partial charge in [-0.25, -0.2) is 4.98 Å². The molecule has 0 amide bonds. The summed E-state index contributed by atoms with van der Waals surface area (Å²) >= 11 is 0. The molecule has 3 saturated carbocycles. The van der Waals surface area contributed by atoms with Gasteiger partial charge in [0, 0.05) is 66.3 Å². The largest absolute Gasteiger partial charge is 0.393 e. The summed E-state index contributed by atoms with van der Waals surface area (Å²) in [4.78, 5) is 23.9. The zero-order chi connectivity index (χ0) is 30.4. The van der Waals surface area contributed by atoms with Crippen molar-refractivity contribution < 1.29 is 15.0 Å². The van der Waals surface area contributed by atoms with Crippen LogP contribution in [0, 0.1) is 33.5 Å². The predicted molar refractivity (Wildman–Crippen MR) is 172 cm³/mol. The summed E-state index contributed by atoms with van der Waals surface area (Å²) in [6.07, 6.45) is 14.8. The lowest BCUT2D eigenvalue weighted by Crippen LogP contribution is -2.67. The predicted octanol–water partition coefficient (Wildman–Crippen LogP) is 5.68. The molecular weight excluding hydrogens is 546 g/mol. The fourth-order valence-corrected chi connectivity index (χ4v) is 11.4. The number of piperazine rings is 1. The van der Waals surface area contributed by atoms with Crippen molar-refractivity contribution in [3.8, 4) is 0 Å². The number of ketones is 1. The number of hydrogen-bond donors (Lipinski definition) is 2. The molecule has 8 atom stereocenters. The third kappa shape index (κ3) is 3.77. The Kier molecular flexibility index (Phi) is 6.41. The lowest BCUT2D eigenvalue weighted by Gasteiger charge is -2.71. The Balaban J connectivity index is 1.14. The number of benzene rings is 1. The summed E-state index contributed by atoms with van der Waals surface area (Å²) in [6.45, 7) is 9.12. The van der Waals surface area contributed by atoms with Gasteiger partial charge in [-0.2, -0.15) is 0 Å². The molecule has 0 radical (unpaired) electrons. The second-order valence-corrected chi connectivity index (χ2v) is 15.5. The molecule has 44 heavy (non-hydrogen) atoms. The molecule has 6 nitrogen and oxygen atoms in total. The quantitative estimate of drug-likeness (QED) is 0.343. The van der Waals surface area contributed by atoms with Gasteiger partial charge in [-0.15, -0.1) is 0 Å². The number of allylic oxidation sites excluding steroid dienone is 4. The Bertz CT molecular complexity index is 1500. The van der Waals surface area contributed by atoms with Crippen molar-refractivity contribution in [3.05, 3.63) is 84.1 Å². The Morgan fingerprint density at radius 3 is 2.34 bits per heavy atom. The number of carbonyl (C=O) groups excluding carboxylic acids is 1. The number of aromatic nitrogens is 1. The van der Waals surface area contributed by atoms with Crippen molar-refractivity contribution in [3.63, 3.8) is 0 Å². The number of rotatable bonds is 5. The summed E-state index contributed by atoms with van der Waals surface area (Å²) in [7, 11) is 0. The number of Topliss-reactive ketones (excluding diaryl/α,β-unsaturated/α-hetero) is 1. The van der Waals surface area contributed by atoms with E-state index in [9.17, 15) is 15.0 Å². The van der Waals surface area contributed by atoms with E-state index in [-0.39, 0.29) is 34.1 Å². The first-order valence-electron chi connectivity index (χ1n) is 17.0. The number of aliphatic hydroxyl groups excluding tert-OH is 1. The molecule has 6 heteroatoms. The van der Waals surface area contributed by atoms with Crippen LogP contribution in [0.3, 0.4) is 0 Å². The number of fused-ring (bicyclic) bond motifs is 1. The average Bonchev–Trinajstić information content (AvgIpc) is 3.31. The van der Waals surface area contributed by atoms with Crippen molar-refractivity contribution in [1.82, 2.24) is 9.88 Å². The second-order valence-electron chi connectivity index (χ2n) is 15.5. The van der Waals surface area contributed by atoms with Crippen LogP contribution in [-0.4, -0.2) is 70.3 Å². The van der Waals surface area contributed by atoms with Crippen LogP contribution in [0.2, 0.25) is 0 Å². The Morgan fingerprint density at radius 1 is 0.886 bits per heavy atom. The minimum absolute atomic E-state index is 0.00864. The molecule has 2 bridgehead atoms. The summed E-state index contributed by atoms with van der Waals surface area (Å²) in [5, 5.41) is 23.7. The summed E-state index contributed by atoms with van der Waals surface area (Å²) in [6, 6.07) is 15.9. The van der Waals surface area contributed by atoms with Gasteiger partial charge in [0.25, 0.3) is 0 Å². The first kappa shape index (κ1) is 28.7. The number of anilines is 1. The normalized spacial score (nSPS) is 42.8. The maximum absolute atomic E-state index is 14.6. The topological polar surface area (TPSA) is 76.9 Å². The first-order chi connectivity index (χ1) is 21.1. The SMILES string of the molecule is CC12CCC(O)CC13C=CC1(C(C(=O)c4ccccc4)=C3)C2CCC2(C)C1CCC2(O)CN1CCN(c2ccccn2)CC1. The molecule has 9 rings (SSSR count). The van der Waals surface area contributed by atoms with Crippen LogP contribution in [0.1, 0.15) is 69.2 Å². The molecule has 1 aromatic carbocycles. The van der Waals surface area contributed by atoms with Crippen molar-refractivity contribution >= 4 is 11.6 Å². The standard InChI is InChI=1S/C38H47N3O3/c1-34-14-11-28(42)24-36(34)17-18-38(29(25-36)33(43)27-8-4-3-5-9-27)30(34)12-15-35(2)31(38)13-16-37(35,44)26-40-20-22-41(23-21-40)32-10-6-7-19-39-32/h3-10,17-19,25,28,30-31,42,44H,11-16,20-24,26H2,1-2H3. The van der Waals surface area contributed by atoms with Crippen LogP contribution in [-0.2, 0) is 0 Å². The fraction of sp³-hybridized carbons (Fsp3) is 0.579. The Morgan fingerprint density at radius 2 is 1.59 bits per heavy atom. The average molecular weight is 594 g/mol. The highest BCUT2D eigenvalue weighted by molar-refractivity contribution is 6.10. The van der Waals surface area contributed by atoms with E-state index in [1.807, 2.05) is 48.7 Å². The third-order valence-electron chi connectivity index (χ3n) is 13.8. The maximum atomic E-state index is 14.6. The van der Waals surface area contributed by atoms with E-state index in [4.69, 9.17) is 0 Å². The van der Waals surface area contributed by atoms with Gasteiger partial charge >= 0.3 is 0 Å². The molecule has 6 aliphatic carbocycles. The van der Waals surface area contributed by atoms with Gasteiger partial charge in [-0.3, -0.25) is 9.69 Å². The monoisotopic (exact) mass is 593 g/mol. The van der Waals surface area contributed by atoms with Crippen LogP contribution in [0.5, 0.6) is 0 Å². The molecule has 2 spiro atoms. The van der Waals surface area contributed by atoms with Gasteiger partial charge in [0.1, 0.15) is 5.82 Å². The van der Waals surface area contributed by atoms with E-state index >= 15 is 0 Å². The van der Waals surface area contributed by atoms with Gasteiger partial charge in [0.2, 0.25) is 0 Å². The second kappa shape index (κ2) is 9.85. The van der Waals surface area contributed by atoms with Crippen molar-refractivity contribution in [1.29, 1.82) is 0 Å². The van der Waals surface area contributed by atoms with Gasteiger partial charge in [-0.1, -0.05) is 68.5 Å². The van der Waals surface area contributed by atoms with Crippen LogP contribution in [0.15, 0.2) is 78.5 Å². The van der Waals surface area contributed by atoms with Crippen molar-refractivity contribution in [2.75, 3.05) is 37.6 Å². The molecule has 2 N–H and O–H groups in total. The number of pyridine rings is 1. The van der Waals surface area contributed by atoms with Crippen molar-refractivity contribution in [2.24, 2.45) is 33.5 Å². The molecule has 2 heterocycles. The minimum Gasteiger partial charge on any atom is -0.393 e. The Hall–Kier alpha value is -2.80. The molecule has 1 aliphatic heterocycles. The van der Waals surface area contributed by atoms with Gasteiger partial charge < -0.3 is 15.1 Å². The highest BCUT2D eigenvalue weighted by Crippen LogP contribution is 2.78. The number of carbonyl (C=O) groups is 1. The highest BCUT2D eigenvalue weighted by atomic mass is 16.3. The molecule has 4 fully saturated rings. The van der Waals surface area contributed by atoms with E-state index < -0.39 is 11.0 Å². The molecule has 2 aromatic rings. The molecule has 7 aliphatic rings. The van der Waals surface area contributed by atoms with Gasteiger partial charge in [-0.05, 0) is 74.3 Å². The maximum Gasteiger partial charge on any atom is 0.189 e. The van der Waals surface area contributed by atoms with E-state index in [2.05, 4.69) is 52.9 Å². The van der Waals surface area contributed by atoms with Crippen LogP contribution in [0.4, 0.5) is 5.82 Å². The van der Waals surface area contributed by atoms with Gasteiger partial charge in [0.15, 0.2) is 5.78 Å². The van der Waals surface area contributed by atoms with Crippen molar-refractivity contribution in [2.45, 2.75) is 70.5 Å². The zero-order valence-electron chi connectivity index (χ0n) is 26.3. The highest BCUT2D eigenvalue weighted by Gasteiger charge is 2.74. The van der Waals surface area contributed by atoms with Crippen LogP contribution < -0.4 is 4.90 Å². The van der Waals surface area contributed by atoms with Gasteiger partial charge in [0.05, 0.1) is 11.7 Å². The summed E-state index contributed by atoms with van der Waals surface area (Å²) in [5.74, 6) is 1.67. The van der Waals surface area contributed by atoms with E-state index in [1.54, 1.807) is 0 Å². The lowest BCUT2D eigenvalue weighted by atomic mass is 9.32. The molecule has 1 aromatic heterocycles. The number of hydrogen-bond acceptors (Lipinski definition) is 6. The molecule has 1 saturated heterocycles. The molecule has 232 valence electrons. The minimum atomic E-state index is -0.811. The third-order valence-corrected chi connectivity index (χ3v) is 13.8. The number of nitrogens with zero attached hydrogens (tertiary/aromatic N) is 3. The summed E-state index contributed by atoms with van der Waals surface area (Å²) < 4.78 is 0. The number of aliphatic hydroxyl groups is 2. The summed E-state index contributed by atoms with van der Waals surface area (Å²) in [5.41, 5.74) is -0.141. The molecular formula is C38H47N3O3. The first-order valence-corrected chi connectivity index (χ1v) is 17.0. The van der Waals surface area contributed by atoms with E-state index in [0.717, 1.165) is 81.7 Å². The van der Waals surface area contributed by atoms with E-state index in [1.165, 1.54) is 0 Å². The fourth-order valence-electron chi connectivity index (χ4n) is 11.4. The van der Waals surface area contributed by atoms with E-state index in [0.29, 0.717) is 18.9 Å². The smallest absolute Gasteiger partial charge is 0.189 e. The zero-order valence-corrected chi connectivity index (χ0v) is 26.3. The van der Waals surface area contributed by atoms with Crippen LogP contribution >= 0.6 is 0 Å². The molecule has 8 unspecified atom stereocenters. The Labute approximate surface area is 261 Å².